The van der Waals surface area contributed by atoms with E-state index in [9.17, 15) is 19.5 Å². The number of hydrogen-bond donors (Lipinski definition) is 4. The standard InChI is InChI=1S/C35H30ClN5O6/c1-35(2,3)47-34(45)38-21-9-11-25-29(14-21)46-32(40-25)31(43)37-20-8-10-24-18(12-20)13-26(39-24)33(44)41-17-19(16-36)30-23-7-5-4-6-22(23)28(42)15-27(30)41/h4-15,19,39,42H,16-17H2,1-3H3,(H,37,43)(H,38,45)/t19-/m1/s1. The minimum atomic E-state index is -0.652. The van der Waals surface area contributed by atoms with Crippen molar-refractivity contribution in [1.29, 1.82) is 0 Å². The number of anilines is 3. The Balaban J connectivity index is 1.10. The van der Waals surface area contributed by atoms with Gasteiger partial charge in [-0.25, -0.2) is 9.78 Å². The van der Waals surface area contributed by atoms with E-state index in [1.54, 1.807) is 74.2 Å². The summed E-state index contributed by atoms with van der Waals surface area (Å²) < 4.78 is 11.0. The van der Waals surface area contributed by atoms with E-state index < -0.39 is 17.6 Å². The van der Waals surface area contributed by atoms with Gasteiger partial charge in [-0.2, -0.15) is 0 Å². The minimum Gasteiger partial charge on any atom is -0.507 e. The fraction of sp³-hybridized carbons (Fsp3) is 0.200. The third-order valence-corrected chi connectivity index (χ3v) is 8.29. The Morgan fingerprint density at radius 1 is 1.02 bits per heavy atom. The van der Waals surface area contributed by atoms with Gasteiger partial charge in [0.25, 0.3) is 11.8 Å². The van der Waals surface area contributed by atoms with Gasteiger partial charge in [-0.1, -0.05) is 24.3 Å². The summed E-state index contributed by atoms with van der Waals surface area (Å²) in [7, 11) is 0. The van der Waals surface area contributed by atoms with Gasteiger partial charge < -0.3 is 29.5 Å². The molecule has 1 aliphatic rings. The topological polar surface area (TPSA) is 150 Å². The van der Waals surface area contributed by atoms with Gasteiger partial charge in [0.05, 0.1) is 5.69 Å². The molecule has 4 N–H and O–H groups in total. The summed E-state index contributed by atoms with van der Waals surface area (Å²) in [5.41, 5.74) is 3.64. The van der Waals surface area contributed by atoms with E-state index >= 15 is 0 Å². The van der Waals surface area contributed by atoms with E-state index in [0.717, 1.165) is 10.9 Å². The molecular weight excluding hydrogens is 622 g/mol. The Morgan fingerprint density at radius 3 is 2.53 bits per heavy atom. The summed E-state index contributed by atoms with van der Waals surface area (Å²) >= 11 is 6.35. The molecule has 0 radical (unpaired) electrons. The number of halogens is 1. The Labute approximate surface area is 273 Å². The van der Waals surface area contributed by atoms with Crippen LogP contribution in [-0.2, 0) is 4.74 Å². The number of hydrogen-bond acceptors (Lipinski definition) is 7. The Hall–Kier alpha value is -5.55. The number of phenols is 1. The lowest BCUT2D eigenvalue weighted by Gasteiger charge is -2.19. The highest BCUT2D eigenvalue weighted by Crippen LogP contribution is 2.45. The van der Waals surface area contributed by atoms with E-state index in [2.05, 4.69) is 20.6 Å². The van der Waals surface area contributed by atoms with E-state index in [1.807, 2.05) is 24.3 Å². The molecule has 6 aromatic rings. The van der Waals surface area contributed by atoms with Crippen molar-refractivity contribution in [3.8, 4) is 5.75 Å². The minimum absolute atomic E-state index is 0.0907. The number of carbonyl (C=O) groups excluding carboxylic acids is 3. The molecule has 2 aromatic heterocycles. The van der Waals surface area contributed by atoms with Gasteiger partial charge in [-0.15, -0.1) is 11.6 Å². The third kappa shape index (κ3) is 5.70. The quantitative estimate of drug-likeness (QED) is 0.139. The van der Waals surface area contributed by atoms with Crippen molar-refractivity contribution in [2.45, 2.75) is 32.3 Å². The van der Waals surface area contributed by atoms with Crippen molar-refractivity contribution in [2.75, 3.05) is 28.0 Å². The number of H-pyrrole nitrogens is 1. The van der Waals surface area contributed by atoms with Crippen molar-refractivity contribution < 1.29 is 28.6 Å². The van der Waals surface area contributed by atoms with Crippen LogP contribution in [-0.4, -0.2) is 51.0 Å². The molecule has 47 heavy (non-hydrogen) atoms. The first-order valence-electron chi connectivity index (χ1n) is 14.9. The molecule has 1 aliphatic heterocycles. The van der Waals surface area contributed by atoms with Crippen LogP contribution >= 0.6 is 11.6 Å². The monoisotopic (exact) mass is 651 g/mol. The first-order valence-corrected chi connectivity index (χ1v) is 15.5. The number of aromatic amines is 1. The number of nitrogens with one attached hydrogen (secondary N) is 3. The molecule has 3 amide bonds. The van der Waals surface area contributed by atoms with Crippen molar-refractivity contribution in [2.24, 2.45) is 0 Å². The van der Waals surface area contributed by atoms with Gasteiger partial charge in [-0.05, 0) is 68.1 Å². The first-order chi connectivity index (χ1) is 22.5. The molecule has 12 heteroatoms. The number of carbonyl (C=O) groups is 3. The van der Waals surface area contributed by atoms with E-state index in [4.69, 9.17) is 20.8 Å². The highest BCUT2D eigenvalue weighted by atomic mass is 35.5. The maximum absolute atomic E-state index is 13.8. The van der Waals surface area contributed by atoms with Crippen LogP contribution in [0.2, 0.25) is 0 Å². The smallest absolute Gasteiger partial charge is 0.412 e. The first kappa shape index (κ1) is 30.1. The number of nitrogens with zero attached hydrogens (tertiary/aromatic N) is 2. The zero-order chi connectivity index (χ0) is 33.0. The van der Waals surface area contributed by atoms with Gasteiger partial charge in [0.1, 0.15) is 22.6 Å². The largest absolute Gasteiger partial charge is 0.507 e. The van der Waals surface area contributed by atoms with Crippen molar-refractivity contribution >= 4 is 79.3 Å². The van der Waals surface area contributed by atoms with Crippen LogP contribution in [0.5, 0.6) is 5.75 Å². The summed E-state index contributed by atoms with van der Waals surface area (Å²) in [5.74, 6) is -0.653. The number of aromatic nitrogens is 2. The molecule has 0 saturated carbocycles. The number of amides is 3. The summed E-state index contributed by atoms with van der Waals surface area (Å²) in [6.07, 6.45) is -0.614. The number of alkyl halides is 1. The molecular formula is C35H30ClN5O6. The zero-order valence-electron chi connectivity index (χ0n) is 25.7. The molecule has 0 bridgehead atoms. The maximum Gasteiger partial charge on any atom is 0.412 e. The molecule has 1 atom stereocenters. The van der Waals surface area contributed by atoms with Gasteiger partial charge in [0, 0.05) is 58.1 Å². The second-order valence-corrected chi connectivity index (χ2v) is 12.7. The van der Waals surface area contributed by atoms with E-state index in [0.29, 0.717) is 62.6 Å². The molecule has 0 saturated heterocycles. The molecule has 7 rings (SSSR count). The molecule has 238 valence electrons. The average molecular weight is 652 g/mol. The summed E-state index contributed by atoms with van der Waals surface area (Å²) in [5, 5.41) is 18.5. The normalized spacial score (nSPS) is 14.5. The van der Waals surface area contributed by atoms with Gasteiger partial charge in [0.2, 0.25) is 0 Å². The molecule has 3 heterocycles. The highest BCUT2D eigenvalue weighted by molar-refractivity contribution is 6.19. The van der Waals surface area contributed by atoms with Gasteiger partial charge >= 0.3 is 12.0 Å². The fourth-order valence-corrected chi connectivity index (χ4v) is 6.17. The van der Waals surface area contributed by atoms with E-state index in [-0.39, 0.29) is 23.5 Å². The summed E-state index contributed by atoms with van der Waals surface area (Å²) in [6.45, 7) is 5.68. The van der Waals surface area contributed by atoms with Crippen molar-refractivity contribution in [1.82, 2.24) is 9.97 Å². The lowest BCUT2D eigenvalue weighted by molar-refractivity contribution is 0.0635. The zero-order valence-corrected chi connectivity index (χ0v) is 26.4. The number of oxazole rings is 1. The second-order valence-electron chi connectivity index (χ2n) is 12.4. The molecule has 0 fully saturated rings. The van der Waals surface area contributed by atoms with Crippen LogP contribution in [0.1, 0.15) is 53.4 Å². The summed E-state index contributed by atoms with van der Waals surface area (Å²) in [6, 6.07) is 20.9. The predicted molar refractivity (Wildman–Crippen MR) is 181 cm³/mol. The third-order valence-electron chi connectivity index (χ3n) is 7.91. The van der Waals surface area contributed by atoms with Crippen molar-refractivity contribution in [3.05, 3.63) is 89.9 Å². The number of fused-ring (bicyclic) bond motifs is 5. The van der Waals surface area contributed by atoms with Gasteiger partial charge in [0.15, 0.2) is 5.58 Å². The van der Waals surface area contributed by atoms with Crippen LogP contribution in [0.15, 0.2) is 77.2 Å². The van der Waals surface area contributed by atoms with Crippen LogP contribution in [0.4, 0.5) is 21.9 Å². The van der Waals surface area contributed by atoms with Crippen LogP contribution in [0, 0.1) is 0 Å². The average Bonchev–Trinajstić information content (AvgIpc) is 3.74. The lowest BCUT2D eigenvalue weighted by Crippen LogP contribution is -2.30. The SMILES string of the molecule is CC(C)(C)OC(=O)Nc1ccc2nc(C(=O)Nc3ccc4[nH]c(C(=O)N5C[C@@H](CCl)c6c5cc(O)c5ccccc65)cc4c3)oc2c1. The fourth-order valence-electron chi connectivity index (χ4n) is 5.92. The van der Waals surface area contributed by atoms with Crippen LogP contribution in [0.25, 0.3) is 32.8 Å². The molecule has 4 aromatic carbocycles. The second kappa shape index (κ2) is 11.4. The number of benzene rings is 4. The Bertz CT molecular complexity index is 2230. The van der Waals surface area contributed by atoms with Gasteiger partial charge in [-0.3, -0.25) is 14.9 Å². The number of rotatable bonds is 5. The Kier molecular flexibility index (Phi) is 7.28. The lowest BCUT2D eigenvalue weighted by atomic mass is 9.95. The van der Waals surface area contributed by atoms with Crippen molar-refractivity contribution in [3.63, 3.8) is 0 Å². The number of phenolic OH excluding ortho intramolecular Hbond substituents is 1. The molecule has 0 aliphatic carbocycles. The number of aromatic hydroxyl groups is 1. The maximum atomic E-state index is 13.8. The molecule has 0 spiro atoms. The van der Waals surface area contributed by atoms with E-state index in [1.165, 1.54) is 0 Å². The highest BCUT2D eigenvalue weighted by Gasteiger charge is 2.35. The number of ether oxygens (including phenoxy) is 1. The summed E-state index contributed by atoms with van der Waals surface area (Å²) in [4.78, 5) is 48.1. The predicted octanol–water partition coefficient (Wildman–Crippen LogP) is 7.75. The molecule has 0 unspecified atom stereocenters. The van der Waals surface area contributed by atoms with Crippen LogP contribution in [0.3, 0.4) is 0 Å². The molecule has 11 nitrogen and oxygen atoms in total. The van der Waals surface area contributed by atoms with Crippen LogP contribution < -0.4 is 15.5 Å². The Morgan fingerprint density at radius 2 is 1.77 bits per heavy atom.